The molecule has 10 nitrogen and oxygen atoms in total. The second-order valence-electron chi connectivity index (χ2n) is 2.00. The van der Waals surface area contributed by atoms with Crippen molar-refractivity contribution in [3.05, 3.63) is 0 Å². The van der Waals surface area contributed by atoms with Gasteiger partial charge in [-0.25, -0.2) is 0 Å². The molecule has 0 heterocycles. The Labute approximate surface area is 98.5 Å². The van der Waals surface area contributed by atoms with Gasteiger partial charge in [0, 0.05) is 0 Å². The fraction of sp³-hybridized carbons (Fsp3) is 0. The SMILES string of the molecule is N#CO[P-](Cl)(OC#N)(OC#N)(OC#N)OC#N. The normalized spacial score (nSPS) is 12.5. The van der Waals surface area contributed by atoms with E-state index in [2.05, 4.69) is 22.6 Å². The molecule has 0 unspecified atom stereocenters. The average Bonchev–Trinajstić information content (AvgIpc) is 2.19. The molecule has 0 aliphatic rings. The maximum atomic E-state index is 8.36. The van der Waals surface area contributed by atoms with Crippen LogP contribution in [0, 0.1) is 57.6 Å². The average molecular weight is 277 g/mol. The van der Waals surface area contributed by atoms with E-state index in [1.807, 2.05) is 0 Å². The third kappa shape index (κ3) is 2.23. The van der Waals surface area contributed by atoms with Crippen molar-refractivity contribution in [2.75, 3.05) is 0 Å². The fourth-order valence-corrected chi connectivity index (χ4v) is 2.25. The third-order valence-corrected chi connectivity index (χ3v) is 4.40. The fourth-order valence-electron chi connectivity index (χ4n) is 0.597. The van der Waals surface area contributed by atoms with E-state index in [4.69, 9.17) is 37.6 Å². The predicted octanol–water partition coefficient (Wildman–Crippen LogP) is 1.29. The van der Waals surface area contributed by atoms with Gasteiger partial charge in [0.05, 0.1) is 0 Å². The van der Waals surface area contributed by atoms with Crippen LogP contribution in [-0.4, -0.2) is 0 Å². The molecule has 12 heteroatoms. The Kier molecular flexibility index (Phi) is 3.31. The first-order valence-electron chi connectivity index (χ1n) is 3.22. The van der Waals surface area contributed by atoms with Gasteiger partial charge in [-0.3, -0.25) is 0 Å². The maximum absolute atomic E-state index is 8.36. The number of nitrogens with zero attached hydrogens (tertiary/aromatic N) is 5. The van der Waals surface area contributed by atoms with Gasteiger partial charge in [0.2, 0.25) is 0 Å². The molecule has 0 saturated heterocycles. The summed E-state index contributed by atoms with van der Waals surface area (Å²) in [5, 5.41) is 41.8. The molecule has 0 spiro atoms. The topological polar surface area (TPSA) is 165 Å². The number of nitriles is 5. The van der Waals surface area contributed by atoms with Crippen molar-refractivity contribution in [2.45, 2.75) is 0 Å². The van der Waals surface area contributed by atoms with Crippen molar-refractivity contribution in [1.29, 1.82) is 26.3 Å². The Bertz CT molecular complexity index is 425. The number of hydrogen-bond acceptors (Lipinski definition) is 10. The van der Waals surface area contributed by atoms with Crippen LogP contribution in [0.2, 0.25) is 0 Å². The molecule has 0 amide bonds. The first-order valence-corrected chi connectivity index (χ1v) is 6.40. The molecule has 0 aliphatic carbocycles. The van der Waals surface area contributed by atoms with E-state index in [9.17, 15) is 0 Å². The molecule has 0 aliphatic heterocycles. The van der Waals surface area contributed by atoms with Gasteiger partial charge in [0.25, 0.3) is 0 Å². The van der Waals surface area contributed by atoms with Crippen LogP contribution in [0.1, 0.15) is 0 Å². The van der Waals surface area contributed by atoms with Crippen LogP contribution in [0.5, 0.6) is 0 Å². The zero-order valence-electron chi connectivity index (χ0n) is 7.60. The van der Waals surface area contributed by atoms with Crippen LogP contribution in [0.15, 0.2) is 0 Å². The Morgan fingerprint density at radius 2 is 0.765 bits per heavy atom. The Morgan fingerprint density at radius 1 is 0.588 bits per heavy atom. The van der Waals surface area contributed by atoms with Gasteiger partial charge in [-0.15, -0.1) is 0 Å². The molecule has 17 heavy (non-hydrogen) atoms. The van der Waals surface area contributed by atoms with Crippen LogP contribution in [-0.2, 0) is 22.6 Å². The molecule has 0 saturated carbocycles. The molecule has 88 valence electrons. The van der Waals surface area contributed by atoms with E-state index < -0.39 is 6.43 Å². The summed E-state index contributed by atoms with van der Waals surface area (Å²) in [5.74, 6) is 0. The Hall–Kier alpha value is -2.83. The first kappa shape index (κ1) is 14.2. The van der Waals surface area contributed by atoms with Gasteiger partial charge in [0.15, 0.2) is 0 Å². The minimum absolute atomic E-state index is 0.854. The van der Waals surface area contributed by atoms with E-state index in [1.54, 1.807) is 0 Å². The second kappa shape index (κ2) is 3.97. The summed E-state index contributed by atoms with van der Waals surface area (Å²) in [5.41, 5.74) is 0. The van der Waals surface area contributed by atoms with E-state index in [1.165, 1.54) is 0 Å². The summed E-state index contributed by atoms with van der Waals surface area (Å²) >= 11 is 5.47. The van der Waals surface area contributed by atoms with Gasteiger partial charge < -0.3 is 0 Å². The van der Waals surface area contributed by atoms with E-state index in [0.717, 1.165) is 31.3 Å². The van der Waals surface area contributed by atoms with Gasteiger partial charge in [-0.05, 0) is 0 Å². The Balaban J connectivity index is 6.18. The van der Waals surface area contributed by atoms with Gasteiger partial charge in [-0.2, -0.15) is 0 Å². The standard InChI is InChI=1S/C5ClN5O5P/c6-17(12-1-7,13-2-8,14-3-9,15-4-10)16-5-11/q-1. The minimum atomic E-state index is -6.86. The van der Waals surface area contributed by atoms with Crippen molar-refractivity contribution >= 4 is 17.7 Å². The summed E-state index contributed by atoms with van der Waals surface area (Å²) < 4.78 is 20.0. The number of rotatable bonds is 5. The summed E-state index contributed by atoms with van der Waals surface area (Å²) in [6.07, 6.45) is -2.59. The Morgan fingerprint density at radius 3 is 0.882 bits per heavy atom. The van der Waals surface area contributed by atoms with Crippen molar-refractivity contribution in [2.24, 2.45) is 0 Å². The zero-order valence-corrected chi connectivity index (χ0v) is 9.25. The molecule has 0 aromatic rings. The van der Waals surface area contributed by atoms with E-state index in [0.29, 0.717) is 0 Å². The molecule has 0 aromatic carbocycles. The molecule has 0 aromatic heterocycles. The second-order valence-corrected chi connectivity index (χ2v) is 7.17. The molecular weight excluding hydrogens is 277 g/mol. The monoisotopic (exact) mass is 276 g/mol. The summed E-state index contributed by atoms with van der Waals surface area (Å²) in [6, 6.07) is 0. The van der Waals surface area contributed by atoms with Crippen LogP contribution in [0.3, 0.4) is 0 Å². The first-order chi connectivity index (χ1) is 7.89. The number of halogens is 1. The third-order valence-electron chi connectivity index (χ3n) is 1.12. The predicted molar refractivity (Wildman–Crippen MR) is 46.3 cm³/mol. The van der Waals surface area contributed by atoms with Crippen molar-refractivity contribution in [3.8, 4) is 31.3 Å². The summed E-state index contributed by atoms with van der Waals surface area (Å²) in [6.45, 7) is 0. The molecule has 0 fully saturated rings. The van der Waals surface area contributed by atoms with Crippen molar-refractivity contribution in [3.63, 3.8) is 0 Å². The zero-order chi connectivity index (χ0) is 13.5. The molecular formula is C5ClN5O5P-. The summed E-state index contributed by atoms with van der Waals surface area (Å²) in [4.78, 5) is 0. The summed E-state index contributed by atoms with van der Waals surface area (Å²) in [7, 11) is 0. The van der Waals surface area contributed by atoms with Gasteiger partial charge >= 0.3 is 97.9 Å². The van der Waals surface area contributed by atoms with Gasteiger partial charge in [0.1, 0.15) is 0 Å². The van der Waals surface area contributed by atoms with Gasteiger partial charge in [-0.1, -0.05) is 0 Å². The van der Waals surface area contributed by atoms with E-state index in [-0.39, 0.29) is 0 Å². The van der Waals surface area contributed by atoms with Crippen molar-refractivity contribution < 1.29 is 22.6 Å². The molecule has 0 atom stereocenters. The van der Waals surface area contributed by atoms with Crippen molar-refractivity contribution in [1.82, 2.24) is 0 Å². The van der Waals surface area contributed by atoms with Crippen LogP contribution < -0.4 is 0 Å². The quantitative estimate of drug-likeness (QED) is 0.527. The van der Waals surface area contributed by atoms with E-state index >= 15 is 0 Å². The van der Waals surface area contributed by atoms with Crippen LogP contribution >= 0.6 is 17.7 Å². The molecule has 0 rings (SSSR count). The van der Waals surface area contributed by atoms with Crippen LogP contribution in [0.25, 0.3) is 0 Å². The molecule has 0 radical (unpaired) electrons. The molecule has 0 bridgehead atoms. The van der Waals surface area contributed by atoms with Crippen LogP contribution in [0.4, 0.5) is 0 Å². The molecule has 0 N–H and O–H groups in total. The number of hydrogen-bond donors (Lipinski definition) is 0.